The number of aliphatic hydroxyl groups excluding tert-OH is 1. The first-order chi connectivity index (χ1) is 22.1. The number of nitrogens with one attached hydrogen (secondary N) is 1. The van der Waals surface area contributed by atoms with Gasteiger partial charge in [-0.1, -0.05) is 81.3 Å². The maximum absolute atomic E-state index is 14.0. The van der Waals surface area contributed by atoms with Crippen LogP contribution in [0.25, 0.3) is 0 Å². The number of hydrogen-bond acceptors (Lipinski definition) is 5. The number of amides is 1. The minimum Gasteiger partial charge on any atom is -0.504 e. The number of ketones is 1. The second-order valence-electron chi connectivity index (χ2n) is 16.3. The van der Waals surface area contributed by atoms with E-state index in [2.05, 4.69) is 62.4 Å². The molecule has 5 aliphatic rings. The highest BCUT2D eigenvalue weighted by molar-refractivity contribution is 6.30. The molecular weight excluding hydrogens is 608 g/mol. The third kappa shape index (κ3) is 4.81. The van der Waals surface area contributed by atoms with Crippen LogP contribution < -0.4 is 5.32 Å². The van der Waals surface area contributed by atoms with Gasteiger partial charge >= 0.3 is 0 Å². The molecule has 2 N–H and O–H groups in total. The van der Waals surface area contributed by atoms with E-state index in [4.69, 9.17) is 11.6 Å². The Balaban J connectivity index is 1.11. The Labute approximate surface area is 283 Å². The van der Waals surface area contributed by atoms with Crippen molar-refractivity contribution in [2.45, 2.75) is 99.6 Å². The van der Waals surface area contributed by atoms with Crippen molar-refractivity contribution in [3.63, 3.8) is 0 Å². The number of hydrogen-bond donors (Lipinski definition) is 2. The molecule has 2 aromatic rings. The van der Waals surface area contributed by atoms with Crippen molar-refractivity contribution in [1.82, 2.24) is 20.3 Å². The third-order valence-electron chi connectivity index (χ3n) is 13.7. The van der Waals surface area contributed by atoms with E-state index in [1.165, 1.54) is 5.57 Å². The molecule has 0 spiro atoms. The average molecular weight is 655 g/mol. The maximum Gasteiger partial charge on any atom is 0.226 e. The monoisotopic (exact) mass is 654 g/mol. The average Bonchev–Trinajstić information content (AvgIpc) is 3.49. The number of nitrogens with zero attached hydrogens (tertiary/aromatic N) is 3. The zero-order valence-electron chi connectivity index (χ0n) is 28.5. The van der Waals surface area contributed by atoms with Gasteiger partial charge in [-0.3, -0.25) is 9.59 Å². The summed E-state index contributed by atoms with van der Waals surface area (Å²) in [7, 11) is 0. The zero-order chi connectivity index (χ0) is 33.6. The Morgan fingerprint density at radius 2 is 1.74 bits per heavy atom. The number of carbonyl (C=O) groups excluding carboxylic acids is 2. The highest BCUT2D eigenvalue weighted by Gasteiger charge is 2.67. The van der Waals surface area contributed by atoms with E-state index >= 15 is 0 Å². The van der Waals surface area contributed by atoms with Crippen LogP contribution in [-0.2, 0) is 22.7 Å². The van der Waals surface area contributed by atoms with E-state index in [1.807, 2.05) is 37.4 Å². The molecule has 6 atom stereocenters. The van der Waals surface area contributed by atoms with Crippen molar-refractivity contribution in [1.29, 1.82) is 0 Å². The number of rotatable bonds is 5. The summed E-state index contributed by atoms with van der Waals surface area (Å²) in [6, 6.07) is 7.69. The topological polar surface area (TPSA) is 97.1 Å². The minimum atomic E-state index is -0.475. The third-order valence-corrected chi connectivity index (χ3v) is 13.9. The highest BCUT2D eigenvalue weighted by atomic mass is 35.5. The molecule has 0 bridgehead atoms. The van der Waals surface area contributed by atoms with Crippen molar-refractivity contribution in [3.8, 4) is 0 Å². The van der Waals surface area contributed by atoms with Crippen LogP contribution in [0.5, 0.6) is 0 Å². The van der Waals surface area contributed by atoms with Crippen molar-refractivity contribution in [2.24, 2.45) is 33.0 Å². The standard InChI is InChI=1S/C39H47ClN4O3/c1-24-28-11-12-31-37(4,29(28)19-30(45)33(24)46)16-18-39(6)32-20-36(3,14-13-35(32,2)15-17-38(31,39)5)34(47)41-21-27-23-44(43-42-27)22-25-7-9-26(40)10-8-25/h7-12,19,23,32,46H,13-18,20-22H2,1-6H3,(H,41,47)/t32-,35-,36-,37+,38-,39+/m1/s1. The molecule has 3 fully saturated rings. The highest BCUT2D eigenvalue weighted by Crippen LogP contribution is 2.75. The lowest BCUT2D eigenvalue weighted by molar-refractivity contribution is -0.169. The lowest BCUT2D eigenvalue weighted by Crippen LogP contribution is -2.62. The number of carbonyl (C=O) groups is 2. The second-order valence-corrected chi connectivity index (χ2v) is 16.8. The van der Waals surface area contributed by atoms with Gasteiger partial charge in [-0.25, -0.2) is 4.68 Å². The lowest BCUT2D eigenvalue weighted by Gasteiger charge is -2.70. The molecule has 1 heterocycles. The summed E-state index contributed by atoms with van der Waals surface area (Å²) in [4.78, 5) is 26.8. The quantitative estimate of drug-likeness (QED) is 0.339. The van der Waals surface area contributed by atoms with Gasteiger partial charge in [0, 0.05) is 21.4 Å². The Morgan fingerprint density at radius 3 is 2.49 bits per heavy atom. The number of allylic oxidation sites excluding steroid dienone is 7. The molecule has 0 saturated heterocycles. The molecule has 5 aliphatic carbocycles. The fraction of sp³-hybridized carbons (Fsp3) is 0.538. The van der Waals surface area contributed by atoms with Gasteiger partial charge in [0.15, 0.2) is 5.76 Å². The summed E-state index contributed by atoms with van der Waals surface area (Å²) in [5.74, 6) is 0.0516. The first kappa shape index (κ1) is 32.1. The summed E-state index contributed by atoms with van der Waals surface area (Å²) < 4.78 is 1.79. The predicted molar refractivity (Wildman–Crippen MR) is 183 cm³/mol. The van der Waals surface area contributed by atoms with Crippen molar-refractivity contribution < 1.29 is 14.7 Å². The molecule has 8 heteroatoms. The maximum atomic E-state index is 14.0. The minimum absolute atomic E-state index is 0.00470. The van der Waals surface area contributed by atoms with Gasteiger partial charge < -0.3 is 10.4 Å². The molecule has 0 unspecified atom stereocenters. The Morgan fingerprint density at radius 1 is 1.02 bits per heavy atom. The van der Waals surface area contributed by atoms with Gasteiger partial charge in [0.05, 0.1) is 19.3 Å². The number of aromatic nitrogens is 3. The van der Waals surface area contributed by atoms with Crippen molar-refractivity contribution in [3.05, 3.63) is 93.0 Å². The van der Waals surface area contributed by atoms with E-state index in [1.54, 1.807) is 10.8 Å². The van der Waals surface area contributed by atoms with Crippen LogP contribution in [0.2, 0.25) is 5.02 Å². The van der Waals surface area contributed by atoms with Gasteiger partial charge in [-0.05, 0) is 109 Å². The summed E-state index contributed by atoms with van der Waals surface area (Å²) in [5, 5.41) is 23.0. The van der Waals surface area contributed by atoms with Crippen LogP contribution in [-0.4, -0.2) is 31.8 Å². The van der Waals surface area contributed by atoms with Gasteiger partial charge in [-0.2, -0.15) is 0 Å². The summed E-state index contributed by atoms with van der Waals surface area (Å²) >= 11 is 6.03. The fourth-order valence-electron chi connectivity index (χ4n) is 10.3. The number of halogens is 1. The van der Waals surface area contributed by atoms with Crippen molar-refractivity contribution in [2.75, 3.05) is 0 Å². The fourth-order valence-corrected chi connectivity index (χ4v) is 10.4. The summed E-state index contributed by atoms with van der Waals surface area (Å²) in [6.45, 7) is 14.7. The van der Waals surface area contributed by atoms with Crippen LogP contribution in [0.3, 0.4) is 0 Å². The largest absolute Gasteiger partial charge is 0.504 e. The van der Waals surface area contributed by atoms with Crippen LogP contribution in [0.4, 0.5) is 0 Å². The zero-order valence-corrected chi connectivity index (χ0v) is 29.3. The number of fused-ring (bicyclic) bond motifs is 7. The molecule has 7 nitrogen and oxygen atoms in total. The van der Waals surface area contributed by atoms with Gasteiger partial charge in [0.1, 0.15) is 5.69 Å². The molecule has 3 saturated carbocycles. The van der Waals surface area contributed by atoms with Crippen LogP contribution in [0.1, 0.15) is 97.7 Å². The smallest absolute Gasteiger partial charge is 0.226 e. The Bertz CT molecular complexity index is 1800. The molecular formula is C39H47ClN4O3. The summed E-state index contributed by atoms with van der Waals surface area (Å²) in [5.41, 5.74) is 5.32. The molecule has 0 aliphatic heterocycles. The predicted octanol–water partition coefficient (Wildman–Crippen LogP) is 8.22. The van der Waals surface area contributed by atoms with Gasteiger partial charge in [-0.15, -0.1) is 5.10 Å². The summed E-state index contributed by atoms with van der Waals surface area (Å²) in [6.07, 6.45) is 15.0. The molecule has 248 valence electrons. The first-order valence-corrected chi connectivity index (χ1v) is 17.5. The normalized spacial score (nSPS) is 36.3. The number of aliphatic hydroxyl groups is 1. The first-order valence-electron chi connectivity index (χ1n) is 17.1. The second kappa shape index (κ2) is 10.8. The SMILES string of the molecule is CC1=C(O)C(=O)C=C2C1=CC=C1[C@@]2(C)CC[C@@]2(C)[C@@H]3C[C@](C)(C(=O)NCc4cn(Cc5ccc(Cl)cc5)nn4)CC[C@]3(C)CC[C@]12C. The number of benzene rings is 1. The van der Waals surface area contributed by atoms with E-state index in [9.17, 15) is 14.7 Å². The van der Waals surface area contributed by atoms with Gasteiger partial charge in [0.2, 0.25) is 11.7 Å². The van der Waals surface area contributed by atoms with E-state index in [-0.39, 0.29) is 39.1 Å². The Kier molecular flexibility index (Phi) is 7.37. The Hall–Kier alpha value is -3.45. The molecule has 1 amide bonds. The lowest BCUT2D eigenvalue weighted by atomic mass is 9.34. The molecule has 1 aromatic heterocycles. The van der Waals surface area contributed by atoms with Crippen LogP contribution in [0, 0.1) is 33.0 Å². The molecule has 0 radical (unpaired) electrons. The molecule has 47 heavy (non-hydrogen) atoms. The van der Waals surface area contributed by atoms with Crippen LogP contribution in [0.15, 0.2) is 76.7 Å². The van der Waals surface area contributed by atoms with Crippen LogP contribution >= 0.6 is 11.6 Å². The van der Waals surface area contributed by atoms with E-state index < -0.39 is 5.41 Å². The van der Waals surface area contributed by atoms with E-state index in [0.717, 1.165) is 67.3 Å². The molecule has 7 rings (SSSR count). The van der Waals surface area contributed by atoms with E-state index in [0.29, 0.717) is 29.6 Å². The van der Waals surface area contributed by atoms with Crippen molar-refractivity contribution >= 4 is 23.3 Å². The van der Waals surface area contributed by atoms with Gasteiger partial charge in [0.25, 0.3) is 0 Å². The molecule has 1 aromatic carbocycles.